The van der Waals surface area contributed by atoms with Crippen molar-refractivity contribution >= 4 is 44.8 Å². The quantitative estimate of drug-likeness (QED) is 0.687. The summed E-state index contributed by atoms with van der Waals surface area (Å²) in [7, 11) is -3.64. The standard InChI is InChI=1S/C17H17Cl2NO6S/c1-3-20-14(17(22)23)11(16(26-20)8-4-5-8)15(21)9-6-7-10(27(2,24)25)13(19)12(9)18/h6-8,14H,3-5H2,1-2H3,(H,22,23). The van der Waals surface area contributed by atoms with Gasteiger partial charge in [0.1, 0.15) is 5.76 Å². The fourth-order valence-electron chi connectivity index (χ4n) is 3.02. The van der Waals surface area contributed by atoms with Crippen molar-refractivity contribution in [3.05, 3.63) is 39.1 Å². The number of benzene rings is 1. The second-order valence-corrected chi connectivity index (χ2v) is 9.20. The Kier molecular flexibility index (Phi) is 5.28. The minimum atomic E-state index is -3.64. The highest BCUT2D eigenvalue weighted by Gasteiger charge is 2.48. The van der Waals surface area contributed by atoms with E-state index in [9.17, 15) is 23.1 Å². The number of carboxylic acids is 1. The summed E-state index contributed by atoms with van der Waals surface area (Å²) in [6, 6.07) is 1.18. The molecule has 0 radical (unpaired) electrons. The smallest absolute Gasteiger partial charge is 0.329 e. The molecule has 1 aliphatic heterocycles. The van der Waals surface area contributed by atoms with Crippen molar-refractivity contribution in [3.63, 3.8) is 0 Å². The van der Waals surface area contributed by atoms with Crippen LogP contribution in [0, 0.1) is 5.92 Å². The molecule has 0 spiro atoms. The second-order valence-electron chi connectivity index (χ2n) is 6.46. The number of halogens is 2. The van der Waals surface area contributed by atoms with Crippen LogP contribution in [0.25, 0.3) is 0 Å². The first-order valence-electron chi connectivity index (χ1n) is 8.22. The third kappa shape index (κ3) is 3.59. The SMILES string of the molecule is CCN1OC(C2CC2)=C(C(=O)c2ccc(S(C)(=O)=O)c(Cl)c2Cl)C1C(=O)O. The number of rotatable bonds is 6. The van der Waals surface area contributed by atoms with Gasteiger partial charge in [-0.25, -0.2) is 8.42 Å². The molecule has 1 atom stereocenters. The zero-order valence-electron chi connectivity index (χ0n) is 14.5. The van der Waals surface area contributed by atoms with Crippen LogP contribution in [0.1, 0.15) is 30.1 Å². The van der Waals surface area contributed by atoms with Gasteiger partial charge in [-0.15, -0.1) is 5.06 Å². The van der Waals surface area contributed by atoms with E-state index < -0.39 is 27.6 Å². The number of carboxylic acid groups (broad SMARTS) is 1. The van der Waals surface area contributed by atoms with Crippen LogP contribution >= 0.6 is 23.2 Å². The number of hydrogen-bond donors (Lipinski definition) is 1. The molecule has 3 rings (SSSR count). The third-order valence-corrected chi connectivity index (χ3v) is 6.60. The molecule has 0 bridgehead atoms. The summed E-state index contributed by atoms with van der Waals surface area (Å²) in [4.78, 5) is 30.4. The van der Waals surface area contributed by atoms with Crippen LogP contribution in [-0.2, 0) is 19.5 Å². The fraction of sp³-hybridized carbons (Fsp3) is 0.412. The number of hydroxylamine groups is 2. The van der Waals surface area contributed by atoms with E-state index in [4.69, 9.17) is 28.0 Å². The van der Waals surface area contributed by atoms with Crippen molar-refractivity contribution in [3.8, 4) is 0 Å². The van der Waals surface area contributed by atoms with Gasteiger partial charge in [0.05, 0.1) is 20.5 Å². The minimum Gasteiger partial charge on any atom is -0.480 e. The monoisotopic (exact) mass is 433 g/mol. The van der Waals surface area contributed by atoms with Crippen molar-refractivity contribution in [1.29, 1.82) is 0 Å². The van der Waals surface area contributed by atoms with E-state index in [-0.39, 0.29) is 38.5 Å². The molecule has 146 valence electrons. The number of aliphatic carboxylic acids is 1. The van der Waals surface area contributed by atoms with Gasteiger partial charge < -0.3 is 9.94 Å². The zero-order valence-corrected chi connectivity index (χ0v) is 16.9. The Balaban J connectivity index is 2.12. The number of ketones is 1. The van der Waals surface area contributed by atoms with Crippen LogP contribution in [0.5, 0.6) is 0 Å². The molecule has 1 aliphatic carbocycles. The second kappa shape index (κ2) is 7.09. The van der Waals surface area contributed by atoms with Gasteiger partial charge >= 0.3 is 5.97 Å². The van der Waals surface area contributed by atoms with Gasteiger partial charge in [0.25, 0.3) is 0 Å². The molecule has 2 aliphatic rings. The van der Waals surface area contributed by atoms with Crippen LogP contribution in [-0.4, -0.2) is 49.2 Å². The van der Waals surface area contributed by atoms with E-state index in [2.05, 4.69) is 0 Å². The number of likely N-dealkylation sites (N-methyl/N-ethyl adjacent to an activating group) is 1. The van der Waals surface area contributed by atoms with Gasteiger partial charge in [-0.3, -0.25) is 9.59 Å². The van der Waals surface area contributed by atoms with E-state index in [1.807, 2.05) is 0 Å². The van der Waals surface area contributed by atoms with Crippen molar-refractivity contribution in [2.24, 2.45) is 5.92 Å². The Bertz CT molecular complexity index is 968. The van der Waals surface area contributed by atoms with Gasteiger partial charge in [0.2, 0.25) is 0 Å². The highest BCUT2D eigenvalue weighted by atomic mass is 35.5. The van der Waals surface area contributed by atoms with Gasteiger partial charge in [-0.1, -0.05) is 23.2 Å². The van der Waals surface area contributed by atoms with Gasteiger partial charge in [-0.05, 0) is 31.9 Å². The number of carbonyl (C=O) groups is 2. The van der Waals surface area contributed by atoms with Crippen molar-refractivity contribution in [2.45, 2.75) is 30.7 Å². The molecule has 0 aromatic heterocycles. The topological polar surface area (TPSA) is 101 Å². The molecule has 1 unspecified atom stereocenters. The number of Topliss-reactive ketones (excluding diaryl/α,β-unsaturated/α-hetero) is 1. The Morgan fingerprint density at radius 2 is 1.89 bits per heavy atom. The maximum atomic E-state index is 13.2. The predicted molar refractivity (Wildman–Crippen MR) is 98.5 cm³/mol. The maximum absolute atomic E-state index is 13.2. The largest absolute Gasteiger partial charge is 0.480 e. The summed E-state index contributed by atoms with van der Waals surface area (Å²) >= 11 is 12.2. The minimum absolute atomic E-state index is 0.00751. The summed E-state index contributed by atoms with van der Waals surface area (Å²) in [5.41, 5.74) is -0.0491. The number of nitrogens with zero attached hydrogens (tertiary/aromatic N) is 1. The first-order valence-corrected chi connectivity index (χ1v) is 10.9. The highest BCUT2D eigenvalue weighted by Crippen LogP contribution is 2.45. The Morgan fingerprint density at radius 1 is 1.26 bits per heavy atom. The lowest BCUT2D eigenvalue weighted by Crippen LogP contribution is -2.39. The Hall–Kier alpha value is -1.61. The van der Waals surface area contributed by atoms with Crippen molar-refractivity contribution < 1.29 is 28.0 Å². The number of allylic oxidation sites excluding steroid dienone is 1. The first kappa shape index (κ1) is 20.1. The van der Waals surface area contributed by atoms with Gasteiger partial charge in [0.15, 0.2) is 21.7 Å². The van der Waals surface area contributed by atoms with E-state index in [0.29, 0.717) is 5.76 Å². The molecule has 1 aromatic carbocycles. The molecular weight excluding hydrogens is 417 g/mol. The lowest BCUT2D eigenvalue weighted by Gasteiger charge is -2.19. The molecule has 27 heavy (non-hydrogen) atoms. The van der Waals surface area contributed by atoms with Gasteiger partial charge in [-0.2, -0.15) is 0 Å². The van der Waals surface area contributed by atoms with Crippen LogP contribution < -0.4 is 0 Å². The van der Waals surface area contributed by atoms with E-state index in [0.717, 1.165) is 19.1 Å². The Morgan fingerprint density at radius 3 is 2.37 bits per heavy atom. The first-order chi connectivity index (χ1) is 12.6. The highest BCUT2D eigenvalue weighted by molar-refractivity contribution is 7.90. The molecule has 1 heterocycles. The molecule has 1 aromatic rings. The molecular formula is C17H17Cl2NO6S. The van der Waals surface area contributed by atoms with Crippen LogP contribution in [0.2, 0.25) is 10.0 Å². The molecule has 0 amide bonds. The normalized spacial score (nSPS) is 20.7. The summed E-state index contributed by atoms with van der Waals surface area (Å²) in [6.45, 7) is 1.99. The summed E-state index contributed by atoms with van der Waals surface area (Å²) in [6.07, 6.45) is 2.58. The summed E-state index contributed by atoms with van der Waals surface area (Å²) in [5.74, 6) is -1.52. The molecule has 1 saturated carbocycles. The average Bonchev–Trinajstić information content (AvgIpc) is 3.34. The van der Waals surface area contributed by atoms with Gasteiger partial charge in [0, 0.05) is 24.3 Å². The molecule has 10 heteroatoms. The van der Waals surface area contributed by atoms with Crippen LogP contribution in [0.15, 0.2) is 28.4 Å². The lowest BCUT2D eigenvalue weighted by atomic mass is 9.95. The number of sulfone groups is 1. The average molecular weight is 434 g/mol. The molecule has 7 nitrogen and oxygen atoms in total. The van der Waals surface area contributed by atoms with E-state index >= 15 is 0 Å². The molecule has 0 saturated heterocycles. The molecule has 1 fully saturated rings. The van der Waals surface area contributed by atoms with Crippen LogP contribution in [0.3, 0.4) is 0 Å². The number of hydrogen-bond acceptors (Lipinski definition) is 6. The fourth-order valence-corrected chi connectivity index (χ4v) is 4.65. The van der Waals surface area contributed by atoms with E-state index in [1.54, 1.807) is 6.92 Å². The van der Waals surface area contributed by atoms with Crippen molar-refractivity contribution in [1.82, 2.24) is 5.06 Å². The van der Waals surface area contributed by atoms with E-state index in [1.165, 1.54) is 17.2 Å². The molecule has 1 N–H and O–H groups in total. The zero-order chi connectivity index (χ0) is 20.1. The maximum Gasteiger partial charge on any atom is 0.329 e. The summed E-state index contributed by atoms with van der Waals surface area (Å²) in [5, 5.41) is 10.4. The van der Waals surface area contributed by atoms with Crippen molar-refractivity contribution in [2.75, 3.05) is 12.8 Å². The number of carbonyl (C=O) groups excluding carboxylic acids is 1. The lowest BCUT2D eigenvalue weighted by molar-refractivity contribution is -0.161. The van der Waals surface area contributed by atoms with Crippen LogP contribution in [0.4, 0.5) is 0 Å². The predicted octanol–water partition coefficient (Wildman–Crippen LogP) is 2.96. The summed E-state index contributed by atoms with van der Waals surface area (Å²) < 4.78 is 23.5. The third-order valence-electron chi connectivity index (χ3n) is 4.47. The Labute approximate surface area is 166 Å².